The maximum absolute atomic E-state index is 11.3. The van der Waals surface area contributed by atoms with Gasteiger partial charge in [-0.2, -0.15) is 0 Å². The molecule has 1 N–H and O–H groups in total. The molecule has 2 amide bonds. The summed E-state index contributed by atoms with van der Waals surface area (Å²) in [4.78, 5) is 32.8. The molecule has 0 saturated carbocycles. The Kier molecular flexibility index (Phi) is 4.11. The molecular formula is C9H9NO4S. The fourth-order valence-corrected chi connectivity index (χ4v) is 1.42. The fourth-order valence-electron chi connectivity index (χ4n) is 0.829. The van der Waals surface area contributed by atoms with Gasteiger partial charge in [0, 0.05) is 6.92 Å². The van der Waals surface area contributed by atoms with Crippen molar-refractivity contribution >= 4 is 28.7 Å². The number of furan rings is 1. The first-order valence-corrected chi connectivity index (χ1v) is 5.09. The largest absolute Gasteiger partial charge is 0.460 e. The molecule has 1 aromatic rings. The molecule has 15 heavy (non-hydrogen) atoms. The monoisotopic (exact) mass is 227 g/mol. The number of hydrogen-bond acceptors (Lipinski definition) is 5. The van der Waals surface area contributed by atoms with Crippen molar-refractivity contribution in [2.75, 3.05) is 5.75 Å². The van der Waals surface area contributed by atoms with E-state index in [0.29, 0.717) is 0 Å². The van der Waals surface area contributed by atoms with Crippen LogP contribution in [0.5, 0.6) is 0 Å². The average Bonchev–Trinajstić information content (AvgIpc) is 2.65. The molecule has 6 heteroatoms. The van der Waals surface area contributed by atoms with Crippen molar-refractivity contribution in [1.82, 2.24) is 5.32 Å². The van der Waals surface area contributed by atoms with Crippen molar-refractivity contribution in [3.05, 3.63) is 24.2 Å². The SMILES string of the molecule is CC(=O)NC(=O)CSC(=O)c1ccco1. The molecule has 5 nitrogen and oxygen atoms in total. The third-order valence-corrected chi connectivity index (χ3v) is 2.24. The van der Waals surface area contributed by atoms with E-state index in [0.717, 1.165) is 11.8 Å². The Labute approximate surface area is 90.2 Å². The lowest BCUT2D eigenvalue weighted by Gasteiger charge is -1.98. The van der Waals surface area contributed by atoms with E-state index in [2.05, 4.69) is 5.32 Å². The number of thioether (sulfide) groups is 1. The summed E-state index contributed by atoms with van der Waals surface area (Å²) in [6, 6.07) is 3.10. The van der Waals surface area contributed by atoms with Gasteiger partial charge in [0.15, 0.2) is 5.76 Å². The number of carbonyl (C=O) groups excluding carboxylic acids is 3. The summed E-state index contributed by atoms with van der Waals surface area (Å²) < 4.78 is 4.84. The summed E-state index contributed by atoms with van der Waals surface area (Å²) in [5.74, 6) is -0.840. The number of rotatable bonds is 3. The zero-order valence-electron chi connectivity index (χ0n) is 7.98. The molecule has 80 valence electrons. The van der Waals surface area contributed by atoms with E-state index in [1.165, 1.54) is 19.3 Å². The molecule has 0 radical (unpaired) electrons. The molecule has 1 aromatic heterocycles. The van der Waals surface area contributed by atoms with E-state index >= 15 is 0 Å². The van der Waals surface area contributed by atoms with Crippen molar-refractivity contribution in [2.45, 2.75) is 6.92 Å². The number of carbonyl (C=O) groups is 3. The molecule has 0 aliphatic heterocycles. The second-order valence-corrected chi connectivity index (χ2v) is 3.61. The quantitative estimate of drug-likeness (QED) is 0.827. The first-order valence-electron chi connectivity index (χ1n) is 4.10. The summed E-state index contributed by atoms with van der Waals surface area (Å²) in [5.41, 5.74) is 0. The fraction of sp³-hybridized carbons (Fsp3) is 0.222. The van der Waals surface area contributed by atoms with E-state index in [1.54, 1.807) is 6.07 Å². The Hall–Kier alpha value is -1.56. The first kappa shape index (κ1) is 11.5. The van der Waals surface area contributed by atoms with Gasteiger partial charge in [-0.15, -0.1) is 0 Å². The number of nitrogens with one attached hydrogen (secondary N) is 1. The normalized spacial score (nSPS) is 9.67. The van der Waals surface area contributed by atoms with E-state index < -0.39 is 11.8 Å². The highest BCUT2D eigenvalue weighted by Gasteiger charge is 2.12. The van der Waals surface area contributed by atoms with Gasteiger partial charge in [0.25, 0.3) is 5.12 Å². The van der Waals surface area contributed by atoms with Crippen LogP contribution in [0, 0.1) is 0 Å². The molecule has 0 saturated heterocycles. The van der Waals surface area contributed by atoms with Gasteiger partial charge in [-0.05, 0) is 12.1 Å². The van der Waals surface area contributed by atoms with Gasteiger partial charge in [0.2, 0.25) is 11.8 Å². The van der Waals surface area contributed by atoms with Gasteiger partial charge in [-0.3, -0.25) is 19.7 Å². The highest BCUT2D eigenvalue weighted by atomic mass is 32.2. The van der Waals surface area contributed by atoms with Crippen LogP contribution in [-0.2, 0) is 9.59 Å². The van der Waals surface area contributed by atoms with Crippen molar-refractivity contribution in [1.29, 1.82) is 0 Å². The van der Waals surface area contributed by atoms with Crippen LogP contribution in [0.2, 0.25) is 0 Å². The van der Waals surface area contributed by atoms with Gasteiger partial charge in [0.05, 0.1) is 12.0 Å². The Balaban J connectivity index is 2.35. The number of amides is 2. The van der Waals surface area contributed by atoms with E-state index in [9.17, 15) is 14.4 Å². The second-order valence-electron chi connectivity index (χ2n) is 2.66. The predicted molar refractivity (Wildman–Crippen MR) is 54.3 cm³/mol. The molecule has 0 aromatic carbocycles. The van der Waals surface area contributed by atoms with Crippen molar-refractivity contribution < 1.29 is 18.8 Å². The van der Waals surface area contributed by atoms with Crippen molar-refractivity contribution in [2.24, 2.45) is 0 Å². The summed E-state index contributed by atoms with van der Waals surface area (Å²) >= 11 is 0.787. The maximum Gasteiger partial charge on any atom is 0.255 e. The highest BCUT2D eigenvalue weighted by Crippen LogP contribution is 2.12. The molecule has 0 aliphatic carbocycles. The Bertz CT molecular complexity index is 371. The third kappa shape index (κ3) is 3.99. The maximum atomic E-state index is 11.3. The van der Waals surface area contributed by atoms with Gasteiger partial charge < -0.3 is 4.42 Å². The van der Waals surface area contributed by atoms with Crippen LogP contribution in [-0.4, -0.2) is 22.7 Å². The molecule has 0 spiro atoms. The standard InChI is InChI=1S/C9H9NO4S/c1-6(11)10-8(12)5-15-9(13)7-3-2-4-14-7/h2-4H,5H2,1H3,(H,10,11,12). The average molecular weight is 227 g/mol. The van der Waals surface area contributed by atoms with Crippen molar-refractivity contribution in [3.63, 3.8) is 0 Å². The van der Waals surface area contributed by atoms with Crippen LogP contribution in [0.15, 0.2) is 22.8 Å². The second kappa shape index (κ2) is 5.35. The predicted octanol–water partition coefficient (Wildman–Crippen LogP) is 0.816. The van der Waals surface area contributed by atoms with Crippen molar-refractivity contribution in [3.8, 4) is 0 Å². The Morgan fingerprint density at radius 3 is 2.73 bits per heavy atom. The lowest BCUT2D eigenvalue weighted by Crippen LogP contribution is -2.29. The highest BCUT2D eigenvalue weighted by molar-refractivity contribution is 8.14. The van der Waals surface area contributed by atoms with Crippen LogP contribution >= 0.6 is 11.8 Å². The topological polar surface area (TPSA) is 76.4 Å². The first-order chi connectivity index (χ1) is 7.09. The van der Waals surface area contributed by atoms with Crippen LogP contribution in [0.25, 0.3) is 0 Å². The van der Waals surface area contributed by atoms with Gasteiger partial charge in [-0.1, -0.05) is 11.8 Å². The Morgan fingerprint density at radius 2 is 2.20 bits per heavy atom. The molecule has 0 aliphatic rings. The molecule has 0 bridgehead atoms. The lowest BCUT2D eigenvalue weighted by atomic mass is 10.5. The molecule has 1 rings (SSSR count). The smallest absolute Gasteiger partial charge is 0.255 e. The number of hydrogen-bond donors (Lipinski definition) is 1. The Morgan fingerprint density at radius 1 is 1.47 bits per heavy atom. The minimum absolute atomic E-state index is 0.0981. The minimum Gasteiger partial charge on any atom is -0.460 e. The third-order valence-electron chi connectivity index (χ3n) is 1.37. The molecule has 1 heterocycles. The lowest BCUT2D eigenvalue weighted by molar-refractivity contribution is -0.127. The van der Waals surface area contributed by atoms with E-state index in [4.69, 9.17) is 4.42 Å². The van der Waals surface area contributed by atoms with Crippen LogP contribution < -0.4 is 5.32 Å². The number of imide groups is 1. The van der Waals surface area contributed by atoms with Gasteiger partial charge in [-0.25, -0.2) is 0 Å². The molecule has 0 fully saturated rings. The molecule has 0 unspecified atom stereocenters. The zero-order chi connectivity index (χ0) is 11.3. The summed E-state index contributed by atoms with van der Waals surface area (Å²) in [6.45, 7) is 1.23. The van der Waals surface area contributed by atoms with Crippen LogP contribution in [0.3, 0.4) is 0 Å². The van der Waals surface area contributed by atoms with Gasteiger partial charge >= 0.3 is 0 Å². The zero-order valence-corrected chi connectivity index (χ0v) is 8.80. The molecular weight excluding hydrogens is 218 g/mol. The van der Waals surface area contributed by atoms with Crippen LogP contribution in [0.4, 0.5) is 0 Å². The van der Waals surface area contributed by atoms with E-state index in [1.807, 2.05) is 0 Å². The summed E-state index contributed by atoms with van der Waals surface area (Å²) in [7, 11) is 0. The summed E-state index contributed by atoms with van der Waals surface area (Å²) in [5, 5.41) is 1.73. The molecule has 0 atom stereocenters. The van der Waals surface area contributed by atoms with Crippen LogP contribution in [0.1, 0.15) is 17.5 Å². The summed E-state index contributed by atoms with van der Waals surface area (Å²) in [6.07, 6.45) is 1.38. The van der Waals surface area contributed by atoms with Gasteiger partial charge in [0.1, 0.15) is 0 Å². The van der Waals surface area contributed by atoms with E-state index in [-0.39, 0.29) is 16.6 Å². The minimum atomic E-state index is -0.493.